The molecule has 1 fully saturated rings. The Morgan fingerprint density at radius 1 is 0.733 bits per heavy atom. The lowest BCUT2D eigenvalue weighted by Crippen LogP contribution is -2.56. The van der Waals surface area contributed by atoms with Gasteiger partial charge in [-0.3, -0.25) is 14.4 Å². The Morgan fingerprint density at radius 2 is 1.22 bits per heavy atom. The highest BCUT2D eigenvalue weighted by molar-refractivity contribution is 6.11. The van der Waals surface area contributed by atoms with Crippen LogP contribution in [-0.4, -0.2) is 54.7 Å². The molecular formula is C35H42N2O8. The molecule has 0 heterocycles. The van der Waals surface area contributed by atoms with Crippen LogP contribution in [0.5, 0.6) is 23.0 Å². The molecule has 4 atom stereocenters. The fourth-order valence-corrected chi connectivity index (χ4v) is 5.89. The first-order valence-corrected chi connectivity index (χ1v) is 15.3. The van der Waals surface area contributed by atoms with E-state index in [-0.39, 0.29) is 0 Å². The number of amides is 2. The Balaban J connectivity index is 1.84. The number of hydrogen-bond donors (Lipinski definition) is 3. The number of carbonyl (C=O) groups is 3. The molecule has 4 rings (SSSR count). The van der Waals surface area contributed by atoms with Crippen molar-refractivity contribution in [3.8, 4) is 23.0 Å². The molecule has 240 valence electrons. The van der Waals surface area contributed by atoms with Gasteiger partial charge in [0.2, 0.25) is 11.8 Å². The third-order valence-electron chi connectivity index (χ3n) is 7.67. The zero-order valence-corrected chi connectivity index (χ0v) is 26.4. The van der Waals surface area contributed by atoms with E-state index in [0.717, 1.165) is 0 Å². The van der Waals surface area contributed by atoms with E-state index in [4.69, 9.17) is 18.9 Å². The van der Waals surface area contributed by atoms with Gasteiger partial charge in [0.15, 0.2) is 11.5 Å². The van der Waals surface area contributed by atoms with Gasteiger partial charge in [0.25, 0.3) is 0 Å². The zero-order valence-electron chi connectivity index (χ0n) is 26.4. The van der Waals surface area contributed by atoms with Crippen LogP contribution in [0.4, 0.5) is 11.4 Å². The van der Waals surface area contributed by atoms with Crippen LogP contribution in [0.3, 0.4) is 0 Å². The number of ether oxygens (including phenoxy) is 4. The monoisotopic (exact) mass is 618 g/mol. The number of nitrogens with one attached hydrogen (secondary N) is 2. The standard InChI is InChI=1S/C35H42N2O8/c1-6-42-26-16-12-10-14-23(26)36-33(39)31-25(38)21-35(5,41)32(34(40)37-24-15-11-13-17-27(24)43-7-2)30(31)22-18-19-28(44-8-3)29(20-22)45-9-4/h10-20,30-32,41H,6-9,21H2,1-5H3,(H,36,39)(H,37,40). The first kappa shape index (κ1) is 33.3. The van der Waals surface area contributed by atoms with Gasteiger partial charge >= 0.3 is 0 Å². The lowest BCUT2D eigenvalue weighted by Gasteiger charge is -2.44. The highest BCUT2D eigenvalue weighted by atomic mass is 16.5. The minimum absolute atomic E-state index is 0.334. The summed E-state index contributed by atoms with van der Waals surface area (Å²) in [6.07, 6.45) is -0.408. The van der Waals surface area contributed by atoms with Crippen molar-refractivity contribution < 1.29 is 38.4 Å². The van der Waals surface area contributed by atoms with E-state index in [1.165, 1.54) is 6.92 Å². The fourth-order valence-electron chi connectivity index (χ4n) is 5.89. The van der Waals surface area contributed by atoms with Crippen LogP contribution < -0.4 is 29.6 Å². The highest BCUT2D eigenvalue weighted by Crippen LogP contribution is 2.48. The maximum atomic E-state index is 14.2. The van der Waals surface area contributed by atoms with Crippen molar-refractivity contribution >= 4 is 29.0 Å². The summed E-state index contributed by atoms with van der Waals surface area (Å²) in [5.74, 6) is -3.53. The largest absolute Gasteiger partial charge is 0.492 e. The minimum atomic E-state index is -1.79. The average molecular weight is 619 g/mol. The highest BCUT2D eigenvalue weighted by Gasteiger charge is 2.56. The second kappa shape index (κ2) is 14.9. The van der Waals surface area contributed by atoms with Gasteiger partial charge in [-0.1, -0.05) is 30.3 Å². The summed E-state index contributed by atoms with van der Waals surface area (Å²) in [5.41, 5.74) is -0.533. The van der Waals surface area contributed by atoms with Crippen molar-refractivity contribution in [2.75, 3.05) is 37.1 Å². The molecule has 10 nitrogen and oxygen atoms in total. The van der Waals surface area contributed by atoms with Gasteiger partial charge in [0, 0.05) is 12.3 Å². The van der Waals surface area contributed by atoms with Gasteiger partial charge in [0.1, 0.15) is 23.2 Å². The Bertz CT molecular complexity index is 1500. The molecule has 0 aliphatic heterocycles. The Kier molecular flexibility index (Phi) is 11.1. The maximum absolute atomic E-state index is 14.2. The molecule has 0 radical (unpaired) electrons. The predicted octanol–water partition coefficient (Wildman–Crippen LogP) is 5.60. The van der Waals surface area contributed by atoms with Crippen molar-refractivity contribution in [1.29, 1.82) is 0 Å². The van der Waals surface area contributed by atoms with E-state index in [1.54, 1.807) is 66.7 Å². The molecule has 1 aliphatic carbocycles. The molecule has 1 saturated carbocycles. The molecule has 0 spiro atoms. The molecular weight excluding hydrogens is 576 g/mol. The van der Waals surface area contributed by atoms with Crippen LogP contribution in [0, 0.1) is 11.8 Å². The van der Waals surface area contributed by atoms with Crippen molar-refractivity contribution in [2.45, 2.75) is 52.6 Å². The summed E-state index contributed by atoms with van der Waals surface area (Å²) in [5, 5.41) is 17.5. The number of anilines is 2. The van der Waals surface area contributed by atoms with Crippen molar-refractivity contribution in [1.82, 2.24) is 0 Å². The molecule has 3 N–H and O–H groups in total. The molecule has 0 bridgehead atoms. The topological polar surface area (TPSA) is 132 Å². The van der Waals surface area contributed by atoms with E-state index in [1.807, 2.05) is 27.7 Å². The normalized spacial score (nSPS) is 21.0. The van der Waals surface area contributed by atoms with Gasteiger partial charge in [0.05, 0.1) is 49.3 Å². The number of ketones is 1. The molecule has 3 aromatic rings. The lowest BCUT2D eigenvalue weighted by molar-refractivity contribution is -0.150. The van der Waals surface area contributed by atoms with Crippen molar-refractivity contribution in [3.05, 3.63) is 72.3 Å². The third-order valence-corrected chi connectivity index (χ3v) is 7.67. The maximum Gasteiger partial charge on any atom is 0.235 e. The molecule has 2 amide bonds. The first-order chi connectivity index (χ1) is 21.6. The molecule has 3 aromatic carbocycles. The smallest absolute Gasteiger partial charge is 0.235 e. The number of aliphatic hydroxyl groups is 1. The van der Waals surface area contributed by atoms with Crippen LogP contribution in [0.25, 0.3) is 0 Å². The zero-order chi connectivity index (χ0) is 32.6. The molecule has 0 saturated heterocycles. The second-order valence-corrected chi connectivity index (χ2v) is 10.9. The van der Waals surface area contributed by atoms with Crippen LogP contribution in [0.1, 0.15) is 52.5 Å². The van der Waals surface area contributed by atoms with Gasteiger partial charge < -0.3 is 34.7 Å². The SMILES string of the molecule is CCOc1ccccc1NC(=O)C1C(=O)CC(C)(O)C(C(=O)Nc2ccccc2OCC)C1c1ccc(OCC)c(OCC)c1. The van der Waals surface area contributed by atoms with Crippen LogP contribution in [0.15, 0.2) is 66.7 Å². The number of rotatable bonds is 13. The summed E-state index contributed by atoms with van der Waals surface area (Å²) in [4.78, 5) is 42.2. The molecule has 0 aromatic heterocycles. The van der Waals surface area contributed by atoms with Crippen molar-refractivity contribution in [2.24, 2.45) is 11.8 Å². The van der Waals surface area contributed by atoms with Crippen LogP contribution in [0.2, 0.25) is 0 Å². The first-order valence-electron chi connectivity index (χ1n) is 15.3. The summed E-state index contributed by atoms with van der Waals surface area (Å²) in [6.45, 7) is 10.3. The lowest BCUT2D eigenvalue weighted by atomic mass is 9.61. The Hall–Kier alpha value is -4.57. The number of carbonyl (C=O) groups excluding carboxylic acids is 3. The van der Waals surface area contributed by atoms with Gasteiger partial charge in [-0.05, 0) is 76.6 Å². The number of Topliss-reactive ketones (excluding diaryl/α,β-unsaturated/α-hetero) is 1. The van der Waals surface area contributed by atoms with E-state index in [9.17, 15) is 19.5 Å². The quantitative estimate of drug-likeness (QED) is 0.211. The number of benzene rings is 3. The van der Waals surface area contributed by atoms with E-state index in [0.29, 0.717) is 66.4 Å². The van der Waals surface area contributed by atoms with E-state index >= 15 is 0 Å². The number of para-hydroxylation sites is 4. The summed E-state index contributed by atoms with van der Waals surface area (Å²) >= 11 is 0. The van der Waals surface area contributed by atoms with Crippen molar-refractivity contribution in [3.63, 3.8) is 0 Å². The minimum Gasteiger partial charge on any atom is -0.492 e. The predicted molar refractivity (Wildman–Crippen MR) is 171 cm³/mol. The molecule has 4 unspecified atom stereocenters. The average Bonchev–Trinajstić information content (AvgIpc) is 2.99. The van der Waals surface area contributed by atoms with Crippen LogP contribution >= 0.6 is 0 Å². The Morgan fingerprint density at radius 3 is 1.78 bits per heavy atom. The molecule has 10 heteroatoms. The van der Waals surface area contributed by atoms with Gasteiger partial charge in [-0.15, -0.1) is 0 Å². The fraction of sp³-hybridized carbons (Fsp3) is 0.400. The van der Waals surface area contributed by atoms with E-state index in [2.05, 4.69) is 10.6 Å². The van der Waals surface area contributed by atoms with Gasteiger partial charge in [-0.2, -0.15) is 0 Å². The summed E-state index contributed by atoms with van der Waals surface area (Å²) in [7, 11) is 0. The second-order valence-electron chi connectivity index (χ2n) is 10.9. The molecule has 1 aliphatic rings. The number of hydrogen-bond acceptors (Lipinski definition) is 8. The molecule has 45 heavy (non-hydrogen) atoms. The third kappa shape index (κ3) is 7.57. The summed E-state index contributed by atoms with van der Waals surface area (Å²) in [6, 6.07) is 19.0. The van der Waals surface area contributed by atoms with Crippen LogP contribution in [-0.2, 0) is 14.4 Å². The van der Waals surface area contributed by atoms with E-state index < -0.39 is 47.4 Å². The summed E-state index contributed by atoms with van der Waals surface area (Å²) < 4.78 is 23.0. The Labute approximate surface area is 264 Å². The van der Waals surface area contributed by atoms with Gasteiger partial charge in [-0.25, -0.2) is 0 Å².